The molecular weight excluding hydrogens is 263 g/mol. The van der Waals surface area contributed by atoms with E-state index in [1.54, 1.807) is 0 Å². The quantitative estimate of drug-likeness (QED) is 0.318. The maximum atomic E-state index is 13.1. The van der Waals surface area contributed by atoms with E-state index in [0.29, 0.717) is 0 Å². The predicted molar refractivity (Wildman–Crippen MR) is 51.1 cm³/mol. The second-order valence-electron chi connectivity index (χ2n) is 3.14. The fourth-order valence-electron chi connectivity index (χ4n) is 1.13. The molecule has 0 atom stereocenters. The van der Waals surface area contributed by atoms with Crippen molar-refractivity contribution in [1.29, 1.82) is 0 Å². The molecule has 0 aromatic heterocycles. The summed E-state index contributed by atoms with van der Waals surface area (Å²) < 4.78 is 51.4. The molecular formula is C8H6BBrF4. The van der Waals surface area contributed by atoms with Crippen LogP contribution in [0.5, 0.6) is 0 Å². The zero-order valence-corrected chi connectivity index (χ0v) is 9.05. The van der Waals surface area contributed by atoms with Crippen LogP contribution in [-0.4, -0.2) is 6.71 Å². The predicted octanol–water partition coefficient (Wildman–Crippen LogP) is 2.97. The molecule has 0 fully saturated rings. The van der Waals surface area contributed by atoms with Crippen molar-refractivity contribution in [2.24, 2.45) is 0 Å². The van der Waals surface area contributed by atoms with Gasteiger partial charge in [-0.2, -0.15) is 0 Å². The van der Waals surface area contributed by atoms with Crippen LogP contribution in [-0.2, 0) is 0 Å². The van der Waals surface area contributed by atoms with Crippen LogP contribution in [0.4, 0.5) is 17.6 Å². The summed E-state index contributed by atoms with van der Waals surface area (Å²) in [4.78, 5) is 0. The minimum Gasteiger partial charge on any atom is -0.204 e. The highest BCUT2D eigenvalue weighted by molar-refractivity contribution is 9.10. The highest BCUT2D eigenvalue weighted by Gasteiger charge is 2.26. The van der Waals surface area contributed by atoms with Gasteiger partial charge < -0.3 is 0 Å². The monoisotopic (exact) mass is 268 g/mol. The van der Waals surface area contributed by atoms with E-state index < -0.39 is 39.9 Å². The molecule has 0 unspecified atom stereocenters. The molecule has 1 rings (SSSR count). The van der Waals surface area contributed by atoms with Crippen molar-refractivity contribution in [2.45, 2.75) is 13.6 Å². The maximum Gasteiger partial charge on any atom is 0.177 e. The lowest BCUT2D eigenvalue weighted by Crippen LogP contribution is -2.32. The van der Waals surface area contributed by atoms with Crippen LogP contribution in [0.25, 0.3) is 0 Å². The zero-order chi connectivity index (χ0) is 11.0. The van der Waals surface area contributed by atoms with Gasteiger partial charge >= 0.3 is 0 Å². The third kappa shape index (κ3) is 1.67. The Morgan fingerprint density at radius 2 is 1.21 bits per heavy atom. The molecule has 0 aliphatic carbocycles. The summed E-state index contributed by atoms with van der Waals surface area (Å²) in [5, 5.41) is 0. The van der Waals surface area contributed by atoms with Crippen LogP contribution in [0.2, 0.25) is 13.6 Å². The smallest absolute Gasteiger partial charge is 0.177 e. The first-order chi connectivity index (χ1) is 6.37. The van der Waals surface area contributed by atoms with Crippen LogP contribution in [0, 0.1) is 23.3 Å². The lowest BCUT2D eigenvalue weighted by Gasteiger charge is -2.09. The molecule has 0 N–H and O–H groups in total. The molecule has 0 spiro atoms. The summed E-state index contributed by atoms with van der Waals surface area (Å²) in [6.07, 6.45) is 0. The standard InChI is InChI=1S/C8H6BBrF4/c1-9(2)3-5(11)7(13)4(10)8(14)6(3)12/h1-2H3. The fraction of sp³-hybridized carbons (Fsp3) is 0.250. The van der Waals surface area contributed by atoms with Crippen molar-refractivity contribution in [3.63, 3.8) is 0 Å². The Kier molecular flexibility index (Phi) is 3.24. The van der Waals surface area contributed by atoms with Gasteiger partial charge in [0.25, 0.3) is 0 Å². The molecule has 6 heteroatoms. The summed E-state index contributed by atoms with van der Waals surface area (Å²) in [7, 11) is 0. The third-order valence-corrected chi connectivity index (χ3v) is 2.52. The van der Waals surface area contributed by atoms with Gasteiger partial charge in [0.2, 0.25) is 0 Å². The van der Waals surface area contributed by atoms with Crippen LogP contribution in [0.15, 0.2) is 4.47 Å². The van der Waals surface area contributed by atoms with Crippen molar-refractivity contribution < 1.29 is 17.6 Å². The second-order valence-corrected chi connectivity index (χ2v) is 3.93. The van der Waals surface area contributed by atoms with E-state index in [0.717, 1.165) is 0 Å². The number of hydrogen-bond acceptors (Lipinski definition) is 0. The van der Waals surface area contributed by atoms with Gasteiger partial charge in [0.15, 0.2) is 30.0 Å². The molecule has 14 heavy (non-hydrogen) atoms. The summed E-state index contributed by atoms with van der Waals surface area (Å²) in [5.41, 5.74) is -0.566. The maximum absolute atomic E-state index is 13.1. The number of benzene rings is 1. The van der Waals surface area contributed by atoms with E-state index in [1.807, 2.05) is 0 Å². The van der Waals surface area contributed by atoms with Gasteiger partial charge in [0.05, 0.1) is 4.47 Å². The van der Waals surface area contributed by atoms with E-state index in [-0.39, 0.29) is 0 Å². The first-order valence-corrected chi connectivity index (χ1v) is 4.68. The molecule has 0 heterocycles. The fourth-order valence-corrected chi connectivity index (χ4v) is 1.48. The van der Waals surface area contributed by atoms with E-state index in [9.17, 15) is 17.6 Å². The third-order valence-electron chi connectivity index (χ3n) is 1.82. The van der Waals surface area contributed by atoms with Gasteiger partial charge in [-0.3, -0.25) is 0 Å². The number of halogens is 5. The Morgan fingerprint density at radius 3 is 1.50 bits per heavy atom. The molecule has 0 saturated carbocycles. The Balaban J connectivity index is 3.60. The van der Waals surface area contributed by atoms with Crippen molar-refractivity contribution >= 4 is 28.1 Å². The molecule has 1 aromatic rings. The van der Waals surface area contributed by atoms with Crippen molar-refractivity contribution in [3.05, 3.63) is 27.7 Å². The van der Waals surface area contributed by atoms with Crippen LogP contribution in [0.1, 0.15) is 0 Å². The molecule has 0 amide bonds. The lowest BCUT2D eigenvalue weighted by molar-refractivity contribution is 0.455. The minimum absolute atomic E-state index is 0.566. The van der Waals surface area contributed by atoms with Crippen molar-refractivity contribution in [1.82, 2.24) is 0 Å². The van der Waals surface area contributed by atoms with Crippen LogP contribution >= 0.6 is 15.9 Å². The Bertz CT molecular complexity index is 349. The van der Waals surface area contributed by atoms with E-state index in [2.05, 4.69) is 15.9 Å². The number of rotatable bonds is 1. The Hall–Kier alpha value is -0.515. The van der Waals surface area contributed by atoms with Gasteiger partial charge in [-0.25, -0.2) is 17.6 Å². The molecule has 0 nitrogen and oxygen atoms in total. The topological polar surface area (TPSA) is 0 Å². The van der Waals surface area contributed by atoms with E-state index in [4.69, 9.17) is 0 Å². The average molecular weight is 269 g/mol. The molecule has 1 aromatic carbocycles. The van der Waals surface area contributed by atoms with E-state index in [1.165, 1.54) is 13.6 Å². The van der Waals surface area contributed by atoms with Crippen molar-refractivity contribution in [3.8, 4) is 0 Å². The highest BCUT2D eigenvalue weighted by Crippen LogP contribution is 2.23. The average Bonchev–Trinajstić information content (AvgIpc) is 2.11. The summed E-state index contributed by atoms with van der Waals surface area (Å²) in [6, 6.07) is 0. The van der Waals surface area contributed by atoms with Gasteiger partial charge in [0, 0.05) is 0 Å². The molecule has 76 valence electrons. The molecule has 0 saturated heterocycles. The highest BCUT2D eigenvalue weighted by atomic mass is 79.9. The van der Waals surface area contributed by atoms with Gasteiger partial charge in [-0.15, -0.1) is 0 Å². The van der Waals surface area contributed by atoms with Crippen LogP contribution < -0.4 is 5.46 Å². The van der Waals surface area contributed by atoms with Gasteiger partial charge in [-0.1, -0.05) is 13.6 Å². The largest absolute Gasteiger partial charge is 0.204 e. The first kappa shape index (κ1) is 11.6. The van der Waals surface area contributed by atoms with Gasteiger partial charge in [-0.05, 0) is 21.4 Å². The second kappa shape index (κ2) is 3.92. The summed E-state index contributed by atoms with van der Waals surface area (Å²) >= 11 is 2.43. The SMILES string of the molecule is CB(C)c1c(F)c(F)c(Br)c(F)c1F. The van der Waals surface area contributed by atoms with E-state index >= 15 is 0 Å². The molecule has 0 aliphatic rings. The Labute approximate surface area is 87.5 Å². The summed E-state index contributed by atoms with van der Waals surface area (Å²) in [5.74, 6) is -5.48. The molecule has 0 aliphatic heterocycles. The zero-order valence-electron chi connectivity index (χ0n) is 7.47. The normalized spacial score (nSPS) is 10.5. The molecule has 0 radical (unpaired) electrons. The number of hydrogen-bond donors (Lipinski definition) is 0. The first-order valence-electron chi connectivity index (χ1n) is 3.89. The Morgan fingerprint density at radius 1 is 0.857 bits per heavy atom. The van der Waals surface area contributed by atoms with Crippen molar-refractivity contribution in [2.75, 3.05) is 0 Å². The molecule has 0 bridgehead atoms. The minimum atomic E-state index is -1.40. The lowest BCUT2D eigenvalue weighted by atomic mass is 9.49. The summed E-state index contributed by atoms with van der Waals surface area (Å²) in [6.45, 7) is 2.29. The van der Waals surface area contributed by atoms with Crippen LogP contribution in [0.3, 0.4) is 0 Å². The van der Waals surface area contributed by atoms with Gasteiger partial charge in [0.1, 0.15) is 0 Å².